The first-order valence-corrected chi connectivity index (χ1v) is 8.16. The van der Waals surface area contributed by atoms with Crippen LogP contribution in [0, 0.1) is 35.5 Å². The Bertz CT molecular complexity index is 439. The molecule has 1 saturated heterocycles. The van der Waals surface area contributed by atoms with Crippen molar-refractivity contribution in [1.29, 1.82) is 0 Å². The van der Waals surface area contributed by atoms with Crippen LogP contribution in [0.25, 0.3) is 0 Å². The molecule has 0 spiro atoms. The first-order chi connectivity index (χ1) is 9.18. The molecule has 4 bridgehead atoms. The Labute approximate surface area is 115 Å². The van der Waals surface area contributed by atoms with Crippen LogP contribution in [-0.2, 0) is 9.47 Å². The third kappa shape index (κ3) is 1.35. The minimum Gasteiger partial charge on any atom is -0.341 e. The Hall–Kier alpha value is -0.340. The predicted octanol–water partition coefficient (Wildman–Crippen LogP) is 3.38. The fourth-order valence-corrected chi connectivity index (χ4v) is 6.37. The molecule has 19 heavy (non-hydrogen) atoms. The molecule has 5 rings (SSSR count). The van der Waals surface area contributed by atoms with Crippen LogP contribution in [0.5, 0.6) is 0 Å². The summed E-state index contributed by atoms with van der Waals surface area (Å²) in [4.78, 5) is 0. The number of rotatable bonds is 3. The second-order valence-electron chi connectivity index (χ2n) is 7.86. The Morgan fingerprint density at radius 3 is 2.53 bits per heavy atom. The van der Waals surface area contributed by atoms with Crippen molar-refractivity contribution >= 4 is 0 Å². The van der Waals surface area contributed by atoms with Crippen molar-refractivity contribution in [3.05, 3.63) is 12.2 Å². The molecule has 0 amide bonds. The molecule has 8 unspecified atom stereocenters. The molecular weight excluding hydrogens is 236 g/mol. The second-order valence-corrected chi connectivity index (χ2v) is 7.86. The normalized spacial score (nSPS) is 60.6. The molecule has 4 saturated carbocycles. The maximum Gasteiger partial charge on any atom is 0.215 e. The van der Waals surface area contributed by atoms with E-state index >= 15 is 0 Å². The molecule has 2 nitrogen and oxygen atoms in total. The highest BCUT2D eigenvalue weighted by atomic mass is 16.8. The summed E-state index contributed by atoms with van der Waals surface area (Å²) in [7, 11) is 0. The van der Waals surface area contributed by atoms with Crippen molar-refractivity contribution < 1.29 is 9.47 Å². The van der Waals surface area contributed by atoms with Crippen LogP contribution in [0.4, 0.5) is 0 Å². The molecule has 1 aliphatic heterocycles. The average Bonchev–Trinajstić information content (AvgIpc) is 2.79. The highest BCUT2D eigenvalue weighted by molar-refractivity contribution is 5.15. The molecule has 0 aromatic heterocycles. The number of fused-ring (bicyclic) bond motifs is 9. The monoisotopic (exact) mass is 260 g/mol. The topological polar surface area (TPSA) is 21.8 Å². The molecule has 0 N–H and O–H groups in total. The summed E-state index contributed by atoms with van der Waals surface area (Å²) in [5, 5.41) is 0. The van der Waals surface area contributed by atoms with E-state index in [9.17, 15) is 0 Å². The number of epoxide rings is 1. The molecule has 8 atom stereocenters. The molecule has 1 heterocycles. The standard InChI is InChI=1S/C17H24O2/c1-9(2)17(8-18-17)19-14-7-12-6-13(14)16-11-4-3-10(5-11)15(12)16/h10-16H,1,3-8H2,2H3. The molecule has 5 fully saturated rings. The third-order valence-corrected chi connectivity index (χ3v) is 7.07. The molecule has 5 aliphatic rings. The molecule has 4 aliphatic carbocycles. The average molecular weight is 260 g/mol. The van der Waals surface area contributed by atoms with Crippen molar-refractivity contribution in [2.75, 3.05) is 6.61 Å². The molecule has 104 valence electrons. The zero-order valence-electron chi connectivity index (χ0n) is 11.8. The van der Waals surface area contributed by atoms with Gasteiger partial charge in [0.25, 0.3) is 0 Å². The van der Waals surface area contributed by atoms with Crippen molar-refractivity contribution in [3.63, 3.8) is 0 Å². The van der Waals surface area contributed by atoms with Gasteiger partial charge >= 0.3 is 0 Å². The Balaban J connectivity index is 1.38. The van der Waals surface area contributed by atoms with Gasteiger partial charge in [-0.2, -0.15) is 0 Å². The van der Waals surface area contributed by atoms with Crippen LogP contribution in [0.3, 0.4) is 0 Å². The van der Waals surface area contributed by atoms with Crippen LogP contribution in [0.2, 0.25) is 0 Å². The lowest BCUT2D eigenvalue weighted by molar-refractivity contribution is -0.107. The van der Waals surface area contributed by atoms with E-state index in [0.29, 0.717) is 6.10 Å². The first-order valence-electron chi connectivity index (χ1n) is 8.16. The molecule has 2 heteroatoms. The van der Waals surface area contributed by atoms with Gasteiger partial charge in [-0.25, -0.2) is 0 Å². The summed E-state index contributed by atoms with van der Waals surface area (Å²) in [5.74, 6) is 5.62. The summed E-state index contributed by atoms with van der Waals surface area (Å²) in [6.07, 6.45) is 7.78. The summed E-state index contributed by atoms with van der Waals surface area (Å²) in [6.45, 7) is 6.82. The second kappa shape index (κ2) is 3.46. The van der Waals surface area contributed by atoms with Gasteiger partial charge in [-0.1, -0.05) is 6.58 Å². The fourth-order valence-electron chi connectivity index (χ4n) is 6.37. The summed E-state index contributed by atoms with van der Waals surface area (Å²) in [5.41, 5.74) is 1.06. The van der Waals surface area contributed by atoms with Crippen LogP contribution in [0.15, 0.2) is 12.2 Å². The van der Waals surface area contributed by atoms with Gasteiger partial charge in [0.05, 0.1) is 6.10 Å². The van der Waals surface area contributed by atoms with Crippen molar-refractivity contribution in [2.45, 2.75) is 50.9 Å². The summed E-state index contributed by atoms with van der Waals surface area (Å²) in [6, 6.07) is 0. The quantitative estimate of drug-likeness (QED) is 0.441. The van der Waals surface area contributed by atoms with Crippen LogP contribution >= 0.6 is 0 Å². The van der Waals surface area contributed by atoms with Gasteiger partial charge < -0.3 is 9.47 Å². The van der Waals surface area contributed by atoms with Gasteiger partial charge in [0.1, 0.15) is 6.61 Å². The highest BCUT2D eigenvalue weighted by Crippen LogP contribution is 2.68. The molecular formula is C17H24O2. The minimum absolute atomic E-state index is 0.387. The smallest absolute Gasteiger partial charge is 0.215 e. The van der Waals surface area contributed by atoms with Gasteiger partial charge in [-0.05, 0) is 80.1 Å². The zero-order chi connectivity index (χ0) is 12.8. The van der Waals surface area contributed by atoms with Gasteiger partial charge in [0.15, 0.2) is 0 Å². The first kappa shape index (κ1) is 11.3. The van der Waals surface area contributed by atoms with Crippen molar-refractivity contribution in [3.8, 4) is 0 Å². The molecule has 0 aromatic carbocycles. The van der Waals surface area contributed by atoms with Gasteiger partial charge in [0, 0.05) is 0 Å². The van der Waals surface area contributed by atoms with Crippen LogP contribution in [-0.4, -0.2) is 18.5 Å². The lowest BCUT2D eigenvalue weighted by atomic mass is 9.70. The fraction of sp³-hybridized carbons (Fsp3) is 0.882. The van der Waals surface area contributed by atoms with E-state index in [1.807, 2.05) is 6.92 Å². The minimum atomic E-state index is -0.387. The van der Waals surface area contributed by atoms with E-state index < -0.39 is 0 Å². The van der Waals surface area contributed by atoms with E-state index in [2.05, 4.69) is 6.58 Å². The maximum absolute atomic E-state index is 6.40. The van der Waals surface area contributed by atoms with Gasteiger partial charge in [0.2, 0.25) is 5.79 Å². The molecule has 0 aromatic rings. The van der Waals surface area contributed by atoms with Gasteiger partial charge in [-0.15, -0.1) is 0 Å². The van der Waals surface area contributed by atoms with E-state index in [0.717, 1.165) is 47.7 Å². The Morgan fingerprint density at radius 1 is 1.11 bits per heavy atom. The molecule has 0 radical (unpaired) electrons. The van der Waals surface area contributed by atoms with Crippen molar-refractivity contribution in [1.82, 2.24) is 0 Å². The van der Waals surface area contributed by atoms with E-state index in [1.54, 1.807) is 0 Å². The highest BCUT2D eigenvalue weighted by Gasteiger charge is 2.64. The SMILES string of the molecule is C=C(C)C1(OC2CC3CC2C2C4CCC(C4)C32)CO1. The van der Waals surface area contributed by atoms with E-state index in [-0.39, 0.29) is 5.79 Å². The van der Waals surface area contributed by atoms with Gasteiger partial charge in [-0.3, -0.25) is 0 Å². The lowest BCUT2D eigenvalue weighted by Crippen LogP contribution is -2.39. The number of hydrogen-bond acceptors (Lipinski definition) is 2. The van der Waals surface area contributed by atoms with Crippen LogP contribution < -0.4 is 0 Å². The van der Waals surface area contributed by atoms with Crippen molar-refractivity contribution in [2.24, 2.45) is 35.5 Å². The predicted molar refractivity (Wildman–Crippen MR) is 72.4 cm³/mol. The van der Waals surface area contributed by atoms with E-state index in [4.69, 9.17) is 9.47 Å². The Morgan fingerprint density at radius 2 is 1.84 bits per heavy atom. The summed E-state index contributed by atoms with van der Waals surface area (Å²) >= 11 is 0. The maximum atomic E-state index is 6.40. The number of hydrogen-bond donors (Lipinski definition) is 0. The van der Waals surface area contributed by atoms with E-state index in [1.165, 1.54) is 32.1 Å². The zero-order valence-corrected chi connectivity index (χ0v) is 11.8. The van der Waals surface area contributed by atoms with Crippen LogP contribution in [0.1, 0.15) is 39.0 Å². The third-order valence-electron chi connectivity index (χ3n) is 7.07. The largest absolute Gasteiger partial charge is 0.341 e. The Kier molecular flexibility index (Phi) is 2.06. The number of ether oxygens (including phenoxy) is 2. The summed E-state index contributed by atoms with van der Waals surface area (Å²) < 4.78 is 12.0. The lowest BCUT2D eigenvalue weighted by Gasteiger charge is -2.39.